The molecule has 3 aliphatic heterocycles. The fraction of sp³-hybridized carbons (Fsp3) is 0.481. The average Bonchev–Trinajstić information content (AvgIpc) is 3.24. The van der Waals surface area contributed by atoms with E-state index in [2.05, 4.69) is 51.3 Å². The van der Waals surface area contributed by atoms with Crippen molar-refractivity contribution in [3.63, 3.8) is 0 Å². The smallest absolute Gasteiger partial charge is 0.237 e. The summed E-state index contributed by atoms with van der Waals surface area (Å²) in [5.41, 5.74) is 8.25. The van der Waals surface area contributed by atoms with Crippen LogP contribution in [-0.4, -0.2) is 91.0 Å². The summed E-state index contributed by atoms with van der Waals surface area (Å²) in [4.78, 5) is 26.5. The Labute approximate surface area is 212 Å². The average molecular weight is 494 g/mol. The number of nitrogens with one attached hydrogen (secondary N) is 1. The van der Waals surface area contributed by atoms with Gasteiger partial charge in [0.1, 0.15) is 23.9 Å². The van der Waals surface area contributed by atoms with Crippen molar-refractivity contribution in [1.29, 1.82) is 0 Å². The molecule has 2 unspecified atom stereocenters. The molecule has 2 aromatic carbocycles. The standard InChI is InChI=1S/C27H36FN7O/c1-27(2)26-31-24(19-4-6-20(28)7-5-19)25(34(26)16-17-35(27)23(36)18-29)30-21-8-10-22(11-9-21)33-14-12-32(3)13-15-33/h4-11,24-25,30H,12-18,29H2,1-3H3. The van der Waals surface area contributed by atoms with Crippen LogP contribution in [0.15, 0.2) is 53.5 Å². The van der Waals surface area contributed by atoms with Crippen molar-refractivity contribution in [3.8, 4) is 0 Å². The third-order valence-corrected chi connectivity index (χ3v) is 7.69. The molecule has 8 nitrogen and oxygen atoms in total. The minimum atomic E-state index is -0.602. The molecule has 2 fully saturated rings. The molecule has 2 atom stereocenters. The molecule has 3 heterocycles. The van der Waals surface area contributed by atoms with Gasteiger partial charge in [0.15, 0.2) is 0 Å². The van der Waals surface area contributed by atoms with Gasteiger partial charge >= 0.3 is 0 Å². The number of amidine groups is 1. The number of nitrogens with zero attached hydrogens (tertiary/aromatic N) is 5. The summed E-state index contributed by atoms with van der Waals surface area (Å²) in [6, 6.07) is 14.9. The second kappa shape index (κ2) is 9.71. The van der Waals surface area contributed by atoms with E-state index in [0.717, 1.165) is 43.3 Å². The van der Waals surface area contributed by atoms with E-state index in [9.17, 15) is 9.18 Å². The Morgan fingerprint density at radius 2 is 1.69 bits per heavy atom. The molecule has 0 saturated carbocycles. The molecule has 3 aliphatic rings. The summed E-state index contributed by atoms with van der Waals surface area (Å²) in [5, 5.41) is 3.70. The Morgan fingerprint density at radius 1 is 1.03 bits per heavy atom. The number of anilines is 2. The van der Waals surface area contributed by atoms with Crippen LogP contribution >= 0.6 is 0 Å². The number of carbonyl (C=O) groups is 1. The topological polar surface area (TPSA) is 80.4 Å². The molecule has 1 amide bonds. The van der Waals surface area contributed by atoms with Gasteiger partial charge in [0, 0.05) is 50.6 Å². The monoisotopic (exact) mass is 493 g/mol. The fourth-order valence-electron chi connectivity index (χ4n) is 5.57. The summed E-state index contributed by atoms with van der Waals surface area (Å²) >= 11 is 0. The predicted molar refractivity (Wildman–Crippen MR) is 142 cm³/mol. The van der Waals surface area contributed by atoms with Gasteiger partial charge in [-0.15, -0.1) is 0 Å². The molecule has 0 spiro atoms. The molecule has 0 aromatic heterocycles. The van der Waals surface area contributed by atoms with Crippen molar-refractivity contribution in [2.24, 2.45) is 10.7 Å². The van der Waals surface area contributed by atoms with Gasteiger partial charge in [-0.2, -0.15) is 0 Å². The zero-order valence-corrected chi connectivity index (χ0v) is 21.3. The van der Waals surface area contributed by atoms with Gasteiger partial charge in [-0.05, 0) is 62.9 Å². The maximum Gasteiger partial charge on any atom is 0.237 e. The number of fused-ring (bicyclic) bond motifs is 1. The molecule has 3 N–H and O–H groups in total. The highest BCUT2D eigenvalue weighted by atomic mass is 19.1. The van der Waals surface area contributed by atoms with Crippen LogP contribution in [0.5, 0.6) is 0 Å². The first kappa shape index (κ1) is 24.5. The first-order chi connectivity index (χ1) is 17.3. The summed E-state index contributed by atoms with van der Waals surface area (Å²) in [6.07, 6.45) is -0.158. The lowest BCUT2D eigenvalue weighted by atomic mass is 9.96. The van der Waals surface area contributed by atoms with Gasteiger partial charge in [0.05, 0.1) is 12.1 Å². The van der Waals surface area contributed by atoms with Gasteiger partial charge in [0.2, 0.25) is 5.91 Å². The third-order valence-electron chi connectivity index (χ3n) is 7.69. The van der Waals surface area contributed by atoms with Gasteiger partial charge in [-0.1, -0.05) is 12.1 Å². The van der Waals surface area contributed by atoms with Crippen LogP contribution < -0.4 is 16.0 Å². The van der Waals surface area contributed by atoms with Gasteiger partial charge in [-0.25, -0.2) is 4.39 Å². The van der Waals surface area contributed by atoms with Gasteiger partial charge in [-0.3, -0.25) is 9.79 Å². The fourth-order valence-corrected chi connectivity index (χ4v) is 5.57. The molecule has 9 heteroatoms. The number of halogens is 1. The molecule has 2 aromatic rings. The van der Waals surface area contributed by atoms with Crippen LogP contribution in [0.25, 0.3) is 0 Å². The molecule has 0 aliphatic carbocycles. The number of nitrogens with two attached hydrogens (primary N) is 1. The van der Waals surface area contributed by atoms with Crippen molar-refractivity contribution < 1.29 is 9.18 Å². The second-order valence-electron chi connectivity index (χ2n) is 10.4. The summed E-state index contributed by atoms with van der Waals surface area (Å²) in [7, 11) is 2.16. The van der Waals surface area contributed by atoms with E-state index in [1.54, 1.807) is 12.1 Å². The number of amides is 1. The van der Waals surface area contributed by atoms with Crippen molar-refractivity contribution in [2.75, 3.05) is 63.1 Å². The first-order valence-corrected chi connectivity index (χ1v) is 12.7. The van der Waals surface area contributed by atoms with E-state index in [4.69, 9.17) is 10.7 Å². The molecule has 0 bridgehead atoms. The van der Waals surface area contributed by atoms with Crippen LogP contribution in [0.1, 0.15) is 25.5 Å². The third kappa shape index (κ3) is 4.53. The Morgan fingerprint density at radius 3 is 2.33 bits per heavy atom. The number of hydrogen-bond donors (Lipinski definition) is 2. The number of likely N-dealkylation sites (N-methyl/N-ethyl adjacent to an activating group) is 1. The number of hydrogen-bond acceptors (Lipinski definition) is 7. The number of piperazine rings is 2. The normalized spacial score (nSPS) is 23.9. The van der Waals surface area contributed by atoms with E-state index < -0.39 is 5.54 Å². The summed E-state index contributed by atoms with van der Waals surface area (Å²) < 4.78 is 13.7. The van der Waals surface area contributed by atoms with Crippen LogP contribution in [-0.2, 0) is 4.79 Å². The number of carbonyl (C=O) groups excluding carboxylic acids is 1. The molecule has 5 rings (SSSR count). The van der Waals surface area contributed by atoms with Crippen molar-refractivity contribution in [3.05, 3.63) is 59.9 Å². The Bertz CT molecular complexity index is 1110. The summed E-state index contributed by atoms with van der Waals surface area (Å²) in [6.45, 7) is 9.39. The number of rotatable bonds is 5. The predicted octanol–water partition coefficient (Wildman–Crippen LogP) is 2.35. The number of aliphatic imine (C=N–C) groups is 1. The highest BCUT2D eigenvalue weighted by Gasteiger charge is 2.49. The number of benzene rings is 2. The van der Waals surface area contributed by atoms with Crippen LogP contribution in [0.4, 0.5) is 15.8 Å². The van der Waals surface area contributed by atoms with E-state index in [1.807, 2.05) is 18.7 Å². The molecule has 2 saturated heterocycles. The van der Waals surface area contributed by atoms with Crippen LogP contribution in [0.2, 0.25) is 0 Å². The van der Waals surface area contributed by atoms with Gasteiger partial charge in [0.25, 0.3) is 0 Å². The minimum absolute atomic E-state index is 0.0283. The van der Waals surface area contributed by atoms with E-state index in [1.165, 1.54) is 17.8 Å². The highest BCUT2D eigenvalue weighted by Crippen LogP contribution is 2.39. The Kier molecular flexibility index (Phi) is 6.61. The zero-order valence-electron chi connectivity index (χ0n) is 21.3. The Hall–Kier alpha value is -3.17. The van der Waals surface area contributed by atoms with Crippen molar-refractivity contribution >= 4 is 23.1 Å². The molecule has 36 heavy (non-hydrogen) atoms. The van der Waals surface area contributed by atoms with Crippen LogP contribution in [0.3, 0.4) is 0 Å². The zero-order chi connectivity index (χ0) is 25.4. The summed E-state index contributed by atoms with van der Waals surface area (Å²) in [5.74, 6) is 0.485. The second-order valence-corrected chi connectivity index (χ2v) is 10.4. The van der Waals surface area contributed by atoms with E-state index >= 15 is 0 Å². The van der Waals surface area contributed by atoms with Crippen LogP contribution in [0, 0.1) is 5.82 Å². The lowest BCUT2D eigenvalue weighted by Crippen LogP contribution is -2.66. The van der Waals surface area contributed by atoms with E-state index in [0.29, 0.717) is 13.1 Å². The largest absolute Gasteiger partial charge is 0.369 e. The van der Waals surface area contributed by atoms with Crippen molar-refractivity contribution in [2.45, 2.75) is 31.6 Å². The minimum Gasteiger partial charge on any atom is -0.369 e. The highest BCUT2D eigenvalue weighted by molar-refractivity contribution is 5.97. The maximum absolute atomic E-state index is 13.7. The molecule has 192 valence electrons. The first-order valence-electron chi connectivity index (χ1n) is 12.7. The maximum atomic E-state index is 13.7. The Balaban J connectivity index is 1.41. The quantitative estimate of drug-likeness (QED) is 0.666. The SMILES string of the molecule is CN1CCN(c2ccc(NC3C(c4ccc(F)cc4)N=C4N3CCN(C(=O)CN)C4(C)C)cc2)CC1. The lowest BCUT2D eigenvalue weighted by molar-refractivity contribution is -0.134. The molecular weight excluding hydrogens is 457 g/mol. The van der Waals surface area contributed by atoms with E-state index in [-0.39, 0.29) is 30.5 Å². The van der Waals surface area contributed by atoms with Gasteiger partial charge < -0.3 is 30.7 Å². The van der Waals surface area contributed by atoms with Crippen molar-refractivity contribution in [1.82, 2.24) is 14.7 Å². The molecular formula is C27H36FN7O. The molecule has 0 radical (unpaired) electrons. The lowest BCUT2D eigenvalue weighted by Gasteiger charge is -2.48.